The number of carbonyl (C=O) groups excluding carboxylic acids is 1. The topological polar surface area (TPSA) is 72.9 Å². The summed E-state index contributed by atoms with van der Waals surface area (Å²) in [6, 6.07) is 9.34. The highest BCUT2D eigenvalue weighted by molar-refractivity contribution is 5.93. The maximum atomic E-state index is 12.4. The average molecular weight is 286 g/mol. The minimum absolute atomic E-state index is 0.0888. The lowest BCUT2D eigenvalue weighted by Gasteiger charge is -2.19. The van der Waals surface area contributed by atoms with Crippen molar-refractivity contribution in [3.8, 4) is 0 Å². The molecule has 0 aliphatic rings. The molecule has 1 amide bonds. The van der Waals surface area contributed by atoms with Gasteiger partial charge in [0, 0.05) is 19.3 Å². The van der Waals surface area contributed by atoms with Gasteiger partial charge in [-0.2, -0.15) is 5.10 Å². The molecule has 5 nitrogen and oxygen atoms in total. The summed E-state index contributed by atoms with van der Waals surface area (Å²) in [5, 5.41) is 7.25. The van der Waals surface area contributed by atoms with Crippen LogP contribution in [0.15, 0.2) is 36.5 Å². The number of benzene rings is 1. The number of amides is 1. The van der Waals surface area contributed by atoms with Crippen molar-refractivity contribution in [3.63, 3.8) is 0 Å². The molecule has 0 radical (unpaired) electrons. The lowest BCUT2D eigenvalue weighted by Crippen LogP contribution is -2.30. The monoisotopic (exact) mass is 286 g/mol. The molecule has 1 heterocycles. The first-order valence-electron chi connectivity index (χ1n) is 7.16. The number of rotatable bonds is 5. The summed E-state index contributed by atoms with van der Waals surface area (Å²) in [5.41, 5.74) is 8.79. The number of hydrogen-bond acceptors (Lipinski definition) is 3. The molecule has 21 heavy (non-hydrogen) atoms. The van der Waals surface area contributed by atoms with Gasteiger partial charge in [0.1, 0.15) is 0 Å². The van der Waals surface area contributed by atoms with E-state index < -0.39 is 0 Å². The molecule has 0 saturated carbocycles. The minimum Gasteiger partial charge on any atom is -0.323 e. The van der Waals surface area contributed by atoms with Gasteiger partial charge in [0.2, 0.25) is 5.91 Å². The highest BCUT2D eigenvalue weighted by Crippen LogP contribution is 2.22. The number of nitrogens with two attached hydrogens (primary N) is 1. The van der Waals surface area contributed by atoms with Crippen LogP contribution in [0.1, 0.15) is 31.1 Å². The summed E-state index contributed by atoms with van der Waals surface area (Å²) in [6.07, 6.45) is 2.59. The lowest BCUT2D eigenvalue weighted by molar-refractivity contribution is -0.120. The molecule has 0 saturated heterocycles. The van der Waals surface area contributed by atoms with Crippen molar-refractivity contribution in [2.45, 2.75) is 26.3 Å². The second kappa shape index (κ2) is 6.54. The van der Waals surface area contributed by atoms with Gasteiger partial charge in [-0.1, -0.05) is 44.2 Å². The maximum absolute atomic E-state index is 12.4. The quantitative estimate of drug-likeness (QED) is 0.885. The fourth-order valence-corrected chi connectivity index (χ4v) is 2.27. The van der Waals surface area contributed by atoms with Crippen molar-refractivity contribution >= 4 is 11.6 Å². The Morgan fingerprint density at radius 2 is 2.05 bits per heavy atom. The van der Waals surface area contributed by atoms with Crippen LogP contribution in [-0.4, -0.2) is 15.7 Å². The van der Waals surface area contributed by atoms with Crippen LogP contribution < -0.4 is 11.1 Å². The Hall–Kier alpha value is -2.14. The molecule has 0 spiro atoms. The van der Waals surface area contributed by atoms with E-state index in [4.69, 9.17) is 5.73 Å². The van der Waals surface area contributed by atoms with Gasteiger partial charge in [0.15, 0.2) is 0 Å². The zero-order valence-electron chi connectivity index (χ0n) is 12.7. The van der Waals surface area contributed by atoms with Crippen molar-refractivity contribution in [2.75, 3.05) is 5.32 Å². The number of nitrogens with one attached hydrogen (secondary N) is 1. The second-order valence-corrected chi connectivity index (χ2v) is 5.23. The van der Waals surface area contributed by atoms with E-state index in [1.807, 2.05) is 57.4 Å². The number of hydrogen-bond donors (Lipinski definition) is 2. The van der Waals surface area contributed by atoms with Gasteiger partial charge in [-0.15, -0.1) is 0 Å². The molecule has 1 aromatic carbocycles. The fraction of sp³-hybridized carbons (Fsp3) is 0.375. The highest BCUT2D eigenvalue weighted by Gasteiger charge is 2.23. The second-order valence-electron chi connectivity index (χ2n) is 5.23. The normalized spacial score (nSPS) is 13.7. The largest absolute Gasteiger partial charge is 0.323 e. The van der Waals surface area contributed by atoms with E-state index in [0.717, 1.165) is 23.4 Å². The molecule has 3 N–H and O–H groups in total. The molecule has 5 heteroatoms. The van der Waals surface area contributed by atoms with E-state index in [2.05, 4.69) is 10.4 Å². The molecule has 2 aromatic rings. The van der Waals surface area contributed by atoms with E-state index in [0.29, 0.717) is 0 Å². The SMILES string of the molecule is CCc1nn(C)cc1NC(=O)C(C)C(N)c1ccccc1. The average Bonchev–Trinajstić information content (AvgIpc) is 2.86. The zero-order chi connectivity index (χ0) is 15.4. The number of aromatic nitrogens is 2. The maximum Gasteiger partial charge on any atom is 0.229 e. The van der Waals surface area contributed by atoms with Crippen molar-refractivity contribution in [3.05, 3.63) is 47.8 Å². The Labute approximate surface area is 125 Å². The third kappa shape index (κ3) is 3.49. The Kier molecular flexibility index (Phi) is 4.75. The van der Waals surface area contributed by atoms with E-state index in [1.165, 1.54) is 0 Å². The summed E-state index contributed by atoms with van der Waals surface area (Å²) in [5.74, 6) is -0.411. The highest BCUT2D eigenvalue weighted by atomic mass is 16.1. The van der Waals surface area contributed by atoms with Crippen molar-refractivity contribution in [1.82, 2.24) is 9.78 Å². The Morgan fingerprint density at radius 3 is 2.67 bits per heavy atom. The smallest absolute Gasteiger partial charge is 0.229 e. The number of aryl methyl sites for hydroxylation is 2. The van der Waals surface area contributed by atoms with E-state index in [1.54, 1.807) is 4.68 Å². The van der Waals surface area contributed by atoms with E-state index in [-0.39, 0.29) is 17.9 Å². The predicted molar refractivity (Wildman–Crippen MR) is 83.8 cm³/mol. The number of nitrogens with zero attached hydrogens (tertiary/aromatic N) is 2. The summed E-state index contributed by atoms with van der Waals surface area (Å²) in [4.78, 5) is 12.4. The summed E-state index contributed by atoms with van der Waals surface area (Å²) in [7, 11) is 1.84. The third-order valence-electron chi connectivity index (χ3n) is 3.63. The van der Waals surface area contributed by atoms with Crippen LogP contribution in [0.25, 0.3) is 0 Å². The van der Waals surface area contributed by atoms with Crippen LogP contribution in [0.3, 0.4) is 0 Å². The molecule has 0 bridgehead atoms. The minimum atomic E-state index is -0.326. The first kappa shape index (κ1) is 15.3. The van der Waals surface area contributed by atoms with E-state index in [9.17, 15) is 4.79 Å². The fourth-order valence-electron chi connectivity index (χ4n) is 2.27. The number of carbonyl (C=O) groups is 1. The van der Waals surface area contributed by atoms with Crippen LogP contribution in [-0.2, 0) is 18.3 Å². The van der Waals surface area contributed by atoms with Gasteiger partial charge in [-0.3, -0.25) is 9.48 Å². The molecule has 2 unspecified atom stereocenters. The van der Waals surface area contributed by atoms with Gasteiger partial charge >= 0.3 is 0 Å². The molecule has 112 valence electrons. The van der Waals surface area contributed by atoms with Crippen molar-refractivity contribution < 1.29 is 4.79 Å². The summed E-state index contributed by atoms with van der Waals surface area (Å²) in [6.45, 7) is 3.85. The van der Waals surface area contributed by atoms with E-state index >= 15 is 0 Å². The van der Waals surface area contributed by atoms with Gasteiger partial charge in [-0.05, 0) is 12.0 Å². The molecular weight excluding hydrogens is 264 g/mol. The molecule has 0 aliphatic carbocycles. The summed E-state index contributed by atoms with van der Waals surface area (Å²) >= 11 is 0. The molecule has 0 fully saturated rings. The van der Waals surface area contributed by atoms with Crippen LogP contribution in [0.4, 0.5) is 5.69 Å². The van der Waals surface area contributed by atoms with Crippen molar-refractivity contribution in [1.29, 1.82) is 0 Å². The third-order valence-corrected chi connectivity index (χ3v) is 3.63. The molecule has 0 aliphatic heterocycles. The lowest BCUT2D eigenvalue weighted by atomic mass is 9.94. The molecular formula is C16H22N4O. The molecule has 1 aromatic heterocycles. The van der Waals surface area contributed by atoms with Crippen LogP contribution in [0.5, 0.6) is 0 Å². The van der Waals surface area contributed by atoms with Crippen LogP contribution in [0.2, 0.25) is 0 Å². The zero-order valence-corrected chi connectivity index (χ0v) is 12.7. The van der Waals surface area contributed by atoms with Crippen LogP contribution >= 0.6 is 0 Å². The van der Waals surface area contributed by atoms with Crippen LogP contribution in [0, 0.1) is 5.92 Å². The Bertz CT molecular complexity index is 606. The number of anilines is 1. The predicted octanol–water partition coefficient (Wildman–Crippen LogP) is 2.26. The van der Waals surface area contributed by atoms with Crippen molar-refractivity contribution in [2.24, 2.45) is 18.7 Å². The van der Waals surface area contributed by atoms with Gasteiger partial charge in [-0.25, -0.2) is 0 Å². The first-order valence-corrected chi connectivity index (χ1v) is 7.16. The van der Waals surface area contributed by atoms with Gasteiger partial charge < -0.3 is 11.1 Å². The Morgan fingerprint density at radius 1 is 1.38 bits per heavy atom. The standard InChI is InChI=1S/C16H22N4O/c1-4-13-14(10-20(3)19-13)18-16(21)11(2)15(17)12-8-6-5-7-9-12/h5-11,15H,4,17H2,1-3H3,(H,18,21). The Balaban J connectivity index is 2.09. The first-order chi connectivity index (χ1) is 10.0. The van der Waals surface area contributed by atoms with Gasteiger partial charge in [0.05, 0.1) is 17.3 Å². The van der Waals surface area contributed by atoms with Gasteiger partial charge in [0.25, 0.3) is 0 Å². The summed E-state index contributed by atoms with van der Waals surface area (Å²) < 4.78 is 1.70. The molecule has 2 rings (SSSR count). The molecule has 2 atom stereocenters.